The Morgan fingerprint density at radius 1 is 1.04 bits per heavy atom. The van der Waals surface area contributed by atoms with Crippen molar-refractivity contribution in [2.45, 2.75) is 51.2 Å². The molecule has 0 spiro atoms. The Balaban J connectivity index is 1.35. The molecule has 1 aromatic carbocycles. The van der Waals surface area contributed by atoms with Crippen LogP contribution in [-0.2, 0) is 0 Å². The fraction of sp³-hybridized carbons (Fsp3) is 0.700. The minimum Gasteiger partial charge on any atom is -0.491 e. The highest BCUT2D eigenvalue weighted by atomic mass is 16.5. The van der Waals surface area contributed by atoms with Gasteiger partial charge in [0.2, 0.25) is 0 Å². The summed E-state index contributed by atoms with van der Waals surface area (Å²) in [7, 11) is 0. The van der Waals surface area contributed by atoms with Crippen LogP contribution in [0.2, 0.25) is 0 Å². The monoisotopic (exact) mass is 332 g/mol. The number of hydrogen-bond acceptors (Lipinski definition) is 4. The number of nitrogens with zero attached hydrogens (tertiary/aromatic N) is 2. The Morgan fingerprint density at radius 2 is 1.71 bits per heavy atom. The molecule has 0 saturated carbocycles. The minimum atomic E-state index is -0.419. The van der Waals surface area contributed by atoms with Crippen molar-refractivity contribution in [3.05, 3.63) is 29.8 Å². The molecule has 2 fully saturated rings. The topological polar surface area (TPSA) is 35.9 Å². The van der Waals surface area contributed by atoms with E-state index >= 15 is 0 Å². The highest BCUT2D eigenvalue weighted by Gasteiger charge is 2.26. The molecule has 0 unspecified atom stereocenters. The molecule has 1 atom stereocenters. The van der Waals surface area contributed by atoms with E-state index in [1.54, 1.807) is 0 Å². The number of aliphatic hydroxyl groups is 1. The molecular weight excluding hydrogens is 300 g/mol. The lowest BCUT2D eigenvalue weighted by Gasteiger charge is -2.40. The van der Waals surface area contributed by atoms with Crippen LogP contribution in [0.1, 0.15) is 37.7 Å². The Morgan fingerprint density at radius 3 is 2.38 bits per heavy atom. The van der Waals surface area contributed by atoms with Crippen LogP contribution in [0.25, 0.3) is 0 Å². The van der Waals surface area contributed by atoms with Gasteiger partial charge in [0.1, 0.15) is 18.5 Å². The zero-order valence-electron chi connectivity index (χ0n) is 15.0. The van der Waals surface area contributed by atoms with Crippen LogP contribution in [0, 0.1) is 6.92 Å². The van der Waals surface area contributed by atoms with E-state index in [4.69, 9.17) is 4.74 Å². The van der Waals surface area contributed by atoms with Crippen molar-refractivity contribution in [1.29, 1.82) is 0 Å². The lowest BCUT2D eigenvalue weighted by atomic mass is 10.00. The molecule has 2 aliphatic rings. The Kier molecular flexibility index (Phi) is 6.52. The van der Waals surface area contributed by atoms with E-state index in [-0.39, 0.29) is 0 Å². The number of likely N-dealkylation sites (tertiary alicyclic amines) is 2. The van der Waals surface area contributed by atoms with Gasteiger partial charge in [0, 0.05) is 12.6 Å². The number of hydrogen-bond donors (Lipinski definition) is 1. The summed E-state index contributed by atoms with van der Waals surface area (Å²) in [4.78, 5) is 5.08. The number of rotatable bonds is 6. The molecule has 2 aliphatic heterocycles. The summed E-state index contributed by atoms with van der Waals surface area (Å²) < 4.78 is 5.70. The minimum absolute atomic E-state index is 0.370. The van der Waals surface area contributed by atoms with Crippen LogP contribution in [0.15, 0.2) is 24.3 Å². The number of aryl methyl sites for hydroxylation is 1. The molecule has 0 radical (unpaired) electrons. The maximum absolute atomic E-state index is 10.3. The van der Waals surface area contributed by atoms with Crippen LogP contribution >= 0.6 is 0 Å². The summed E-state index contributed by atoms with van der Waals surface area (Å²) in [6.45, 7) is 7.93. The van der Waals surface area contributed by atoms with Crippen molar-refractivity contribution < 1.29 is 9.84 Å². The number of ether oxygens (including phenoxy) is 1. The van der Waals surface area contributed by atoms with E-state index in [1.165, 1.54) is 50.8 Å². The molecule has 1 N–H and O–H groups in total. The molecule has 3 rings (SSSR count). The first-order valence-electron chi connectivity index (χ1n) is 9.54. The third-order valence-corrected chi connectivity index (χ3v) is 5.40. The van der Waals surface area contributed by atoms with Gasteiger partial charge in [-0.05, 0) is 70.9 Å². The predicted molar refractivity (Wildman–Crippen MR) is 97.6 cm³/mol. The first-order valence-corrected chi connectivity index (χ1v) is 9.54. The van der Waals surface area contributed by atoms with Gasteiger partial charge < -0.3 is 19.6 Å². The molecule has 0 aliphatic carbocycles. The molecule has 0 amide bonds. The lowest BCUT2D eigenvalue weighted by molar-refractivity contribution is 0.0406. The van der Waals surface area contributed by atoms with Gasteiger partial charge in [-0.3, -0.25) is 0 Å². The Labute approximate surface area is 146 Å². The summed E-state index contributed by atoms with van der Waals surface area (Å²) in [5.74, 6) is 0.837. The van der Waals surface area contributed by atoms with Crippen molar-refractivity contribution in [1.82, 2.24) is 9.80 Å². The third-order valence-electron chi connectivity index (χ3n) is 5.40. The van der Waals surface area contributed by atoms with Gasteiger partial charge in [0.15, 0.2) is 0 Å². The first-order chi connectivity index (χ1) is 11.7. The van der Waals surface area contributed by atoms with Crippen LogP contribution in [0.3, 0.4) is 0 Å². The second-order valence-electron chi connectivity index (χ2n) is 7.41. The van der Waals surface area contributed by atoms with Gasteiger partial charge in [0.25, 0.3) is 0 Å². The largest absolute Gasteiger partial charge is 0.491 e. The van der Waals surface area contributed by atoms with Gasteiger partial charge in [-0.2, -0.15) is 0 Å². The van der Waals surface area contributed by atoms with Crippen molar-refractivity contribution in [3.8, 4) is 5.75 Å². The summed E-state index contributed by atoms with van der Waals surface area (Å²) in [6, 6.07) is 8.76. The fourth-order valence-electron chi connectivity index (χ4n) is 3.93. The third kappa shape index (κ3) is 5.20. The van der Waals surface area contributed by atoms with Gasteiger partial charge in [-0.25, -0.2) is 0 Å². The molecule has 4 nitrogen and oxygen atoms in total. The van der Waals surface area contributed by atoms with Crippen molar-refractivity contribution >= 4 is 0 Å². The maximum atomic E-state index is 10.3. The average molecular weight is 332 g/mol. The quantitative estimate of drug-likeness (QED) is 0.869. The van der Waals surface area contributed by atoms with Crippen LogP contribution in [0.4, 0.5) is 0 Å². The van der Waals surface area contributed by atoms with Crippen LogP contribution in [-0.4, -0.2) is 66.4 Å². The molecular formula is C20H32N2O2. The molecule has 0 aromatic heterocycles. The van der Waals surface area contributed by atoms with E-state index in [0.717, 1.165) is 31.4 Å². The number of aliphatic hydroxyl groups excluding tert-OH is 1. The average Bonchev–Trinajstić information content (AvgIpc) is 2.63. The van der Waals surface area contributed by atoms with Crippen molar-refractivity contribution in [3.63, 3.8) is 0 Å². The summed E-state index contributed by atoms with van der Waals surface area (Å²) >= 11 is 0. The Hall–Kier alpha value is -1.10. The standard InChI is InChI=1S/C20H32N2O2/c1-17-5-7-20(8-6-17)24-16-19(23)15-21-13-9-18(10-14-21)22-11-3-2-4-12-22/h5-8,18-19,23H,2-4,9-16H2,1H3/t19-/m1/s1. The lowest BCUT2D eigenvalue weighted by Crippen LogP contribution is -2.48. The zero-order valence-corrected chi connectivity index (χ0v) is 15.0. The van der Waals surface area contributed by atoms with Gasteiger partial charge in [0.05, 0.1) is 0 Å². The molecule has 134 valence electrons. The normalized spacial score (nSPS) is 22.4. The second-order valence-corrected chi connectivity index (χ2v) is 7.41. The smallest absolute Gasteiger partial charge is 0.119 e. The zero-order chi connectivity index (χ0) is 16.8. The number of benzene rings is 1. The molecule has 24 heavy (non-hydrogen) atoms. The van der Waals surface area contributed by atoms with Gasteiger partial charge in [-0.15, -0.1) is 0 Å². The van der Waals surface area contributed by atoms with E-state index in [0.29, 0.717) is 6.61 Å². The molecule has 4 heteroatoms. The van der Waals surface area contributed by atoms with Crippen molar-refractivity contribution in [2.24, 2.45) is 0 Å². The number of β-amino-alcohol motifs (C(OH)–C–C–N with tert-alkyl or cyclic N) is 1. The van der Waals surface area contributed by atoms with E-state index in [2.05, 4.69) is 16.7 Å². The van der Waals surface area contributed by atoms with Gasteiger partial charge >= 0.3 is 0 Å². The van der Waals surface area contributed by atoms with Crippen molar-refractivity contribution in [2.75, 3.05) is 39.3 Å². The SMILES string of the molecule is Cc1ccc(OC[C@H](O)CN2CCC(N3CCCCC3)CC2)cc1. The molecule has 2 saturated heterocycles. The predicted octanol–water partition coefficient (Wildman–Crippen LogP) is 2.69. The highest BCUT2D eigenvalue weighted by molar-refractivity contribution is 5.26. The van der Waals surface area contributed by atoms with E-state index in [9.17, 15) is 5.11 Å². The molecule has 0 bridgehead atoms. The Bertz CT molecular complexity index is 477. The van der Waals surface area contributed by atoms with E-state index < -0.39 is 6.10 Å². The first kappa shape index (κ1) is 17.7. The number of piperidine rings is 2. The van der Waals surface area contributed by atoms with Crippen LogP contribution in [0.5, 0.6) is 5.75 Å². The van der Waals surface area contributed by atoms with E-state index in [1.807, 2.05) is 24.3 Å². The molecule has 1 aromatic rings. The second kappa shape index (κ2) is 8.84. The summed E-state index contributed by atoms with van der Waals surface area (Å²) in [6.07, 6.45) is 6.21. The molecule has 2 heterocycles. The van der Waals surface area contributed by atoms with Gasteiger partial charge in [-0.1, -0.05) is 24.1 Å². The fourth-order valence-corrected chi connectivity index (χ4v) is 3.93. The summed E-state index contributed by atoms with van der Waals surface area (Å²) in [5, 5.41) is 10.3. The summed E-state index contributed by atoms with van der Waals surface area (Å²) in [5.41, 5.74) is 1.22. The van der Waals surface area contributed by atoms with Crippen LogP contribution < -0.4 is 4.74 Å². The highest BCUT2D eigenvalue weighted by Crippen LogP contribution is 2.21. The maximum Gasteiger partial charge on any atom is 0.119 e.